The van der Waals surface area contributed by atoms with Crippen molar-refractivity contribution in [2.24, 2.45) is 7.05 Å². The van der Waals surface area contributed by atoms with Gasteiger partial charge < -0.3 is 15.3 Å². The second kappa shape index (κ2) is 8.45. The number of aryl methyl sites for hydroxylation is 1. The van der Waals surface area contributed by atoms with Crippen LogP contribution in [0.1, 0.15) is 23.7 Å². The van der Waals surface area contributed by atoms with Crippen molar-refractivity contribution in [3.63, 3.8) is 0 Å². The highest BCUT2D eigenvalue weighted by atomic mass is 19.1. The average Bonchev–Trinajstić information content (AvgIpc) is 3.01. The number of hydrogen-bond donors (Lipinski definition) is 3. The summed E-state index contributed by atoms with van der Waals surface area (Å²) in [5, 5.41) is 41.0. The zero-order chi connectivity index (χ0) is 19.3. The molecule has 26 heavy (non-hydrogen) atoms. The van der Waals surface area contributed by atoms with E-state index in [1.165, 1.54) is 29.1 Å². The molecule has 8 nitrogen and oxygen atoms in total. The summed E-state index contributed by atoms with van der Waals surface area (Å²) in [6.45, 7) is 3.74. The summed E-state index contributed by atoms with van der Waals surface area (Å²) < 4.78 is 13.0. The topological polar surface area (TPSA) is 121 Å². The van der Waals surface area contributed by atoms with E-state index in [4.69, 9.17) is 0 Å². The normalized spacial score (nSPS) is 14.9. The fraction of sp³-hybridized carbons (Fsp3) is 0.294. The van der Waals surface area contributed by atoms with Gasteiger partial charge in [-0.25, -0.2) is 4.39 Å². The Morgan fingerprint density at radius 1 is 1.35 bits per heavy atom. The van der Waals surface area contributed by atoms with Gasteiger partial charge in [-0.1, -0.05) is 30.9 Å². The van der Waals surface area contributed by atoms with Gasteiger partial charge in [-0.15, -0.1) is 10.2 Å². The molecule has 0 fully saturated rings. The number of benzene rings is 1. The molecular formula is C17H19FN4O4. The van der Waals surface area contributed by atoms with Crippen molar-refractivity contribution in [1.29, 1.82) is 0 Å². The molecule has 0 aliphatic heterocycles. The number of aliphatic carboxylic acids is 1. The zero-order valence-corrected chi connectivity index (χ0v) is 14.0. The molecule has 0 spiro atoms. The largest absolute Gasteiger partial charge is 0.481 e. The van der Waals surface area contributed by atoms with Crippen LogP contribution in [0.4, 0.5) is 4.39 Å². The van der Waals surface area contributed by atoms with Gasteiger partial charge in [-0.05, 0) is 22.9 Å². The summed E-state index contributed by atoms with van der Waals surface area (Å²) in [6, 6.07) is 4.82. The van der Waals surface area contributed by atoms with Crippen LogP contribution in [-0.4, -0.2) is 53.7 Å². The Hall–Kier alpha value is -2.91. The van der Waals surface area contributed by atoms with Crippen LogP contribution in [0.25, 0.3) is 5.57 Å². The molecule has 3 unspecified atom stereocenters. The van der Waals surface area contributed by atoms with E-state index in [0.29, 0.717) is 5.57 Å². The first-order valence-electron chi connectivity index (χ1n) is 7.73. The highest BCUT2D eigenvalue weighted by molar-refractivity contribution is 5.76. The minimum Gasteiger partial charge on any atom is -0.481 e. The number of carbonyl (C=O) groups is 1. The number of aliphatic hydroxyl groups excluding tert-OH is 2. The molecule has 0 radical (unpaired) electrons. The predicted octanol–water partition coefficient (Wildman–Crippen LogP) is 0.899. The third-order valence-electron chi connectivity index (χ3n) is 3.68. The number of aliphatic hydroxyl groups is 2. The maximum atomic E-state index is 13.0. The van der Waals surface area contributed by atoms with E-state index >= 15 is 0 Å². The Morgan fingerprint density at radius 2 is 2.00 bits per heavy atom. The van der Waals surface area contributed by atoms with E-state index in [1.807, 2.05) is 0 Å². The molecule has 0 saturated heterocycles. The van der Waals surface area contributed by atoms with E-state index in [9.17, 15) is 24.5 Å². The predicted molar refractivity (Wildman–Crippen MR) is 90.4 cm³/mol. The maximum Gasteiger partial charge on any atom is 0.313 e. The summed E-state index contributed by atoms with van der Waals surface area (Å²) in [4.78, 5) is 12.7. The third-order valence-corrected chi connectivity index (χ3v) is 3.68. The molecular weight excluding hydrogens is 343 g/mol. The summed E-state index contributed by atoms with van der Waals surface area (Å²) in [6.07, 6.45) is 0.0841. The van der Waals surface area contributed by atoms with Crippen LogP contribution in [0.5, 0.6) is 0 Å². The number of carboxylic acids is 1. The molecule has 0 aliphatic rings. The molecule has 3 atom stereocenters. The van der Waals surface area contributed by atoms with Gasteiger partial charge in [0, 0.05) is 12.0 Å². The van der Waals surface area contributed by atoms with Crippen molar-refractivity contribution in [3.05, 3.63) is 60.2 Å². The van der Waals surface area contributed by atoms with Crippen molar-refractivity contribution in [2.75, 3.05) is 0 Å². The molecule has 0 saturated carbocycles. The molecule has 1 aromatic carbocycles. The first kappa shape index (κ1) is 19.4. The van der Waals surface area contributed by atoms with Crippen molar-refractivity contribution >= 4 is 11.5 Å². The number of rotatable bonds is 8. The fourth-order valence-electron chi connectivity index (χ4n) is 2.38. The lowest BCUT2D eigenvalue weighted by Gasteiger charge is -2.21. The van der Waals surface area contributed by atoms with E-state index < -0.39 is 29.9 Å². The van der Waals surface area contributed by atoms with E-state index in [1.54, 1.807) is 7.05 Å². The fourth-order valence-corrected chi connectivity index (χ4v) is 2.38. The maximum absolute atomic E-state index is 13.0. The van der Waals surface area contributed by atoms with Gasteiger partial charge in [0.05, 0.1) is 19.3 Å². The number of nitrogens with zero attached hydrogens (tertiary/aromatic N) is 4. The van der Waals surface area contributed by atoms with Crippen molar-refractivity contribution in [3.8, 4) is 0 Å². The van der Waals surface area contributed by atoms with Crippen LogP contribution in [-0.2, 0) is 11.8 Å². The Labute approximate surface area is 148 Å². The van der Waals surface area contributed by atoms with Gasteiger partial charge in [-0.3, -0.25) is 4.79 Å². The Kier molecular flexibility index (Phi) is 6.31. The minimum absolute atomic E-state index is 0.230. The Balaban J connectivity index is 2.02. The summed E-state index contributed by atoms with van der Waals surface area (Å²) in [5.41, 5.74) is 0.649. The quantitative estimate of drug-likeness (QED) is 0.597. The molecule has 0 aliphatic carbocycles. The molecule has 2 rings (SSSR count). The van der Waals surface area contributed by atoms with Crippen LogP contribution in [0, 0.1) is 5.82 Å². The lowest BCUT2D eigenvalue weighted by Crippen LogP contribution is -2.29. The van der Waals surface area contributed by atoms with Crippen LogP contribution < -0.4 is 0 Å². The summed E-state index contributed by atoms with van der Waals surface area (Å²) >= 11 is 0. The molecule has 2 aromatic rings. The monoisotopic (exact) mass is 362 g/mol. The molecule has 3 N–H and O–H groups in total. The van der Waals surface area contributed by atoms with Gasteiger partial charge >= 0.3 is 5.97 Å². The molecule has 1 aromatic heterocycles. The summed E-state index contributed by atoms with van der Waals surface area (Å²) in [7, 11) is 1.60. The molecule has 138 valence electrons. The van der Waals surface area contributed by atoms with Gasteiger partial charge in [0.1, 0.15) is 11.7 Å². The van der Waals surface area contributed by atoms with E-state index in [-0.39, 0.29) is 17.8 Å². The average molecular weight is 362 g/mol. The first-order chi connectivity index (χ1) is 12.3. The Bertz CT molecular complexity index is 803. The van der Waals surface area contributed by atoms with Gasteiger partial charge in [0.25, 0.3) is 0 Å². The minimum atomic E-state index is -1.37. The van der Waals surface area contributed by atoms with E-state index in [2.05, 4.69) is 22.0 Å². The Morgan fingerprint density at radius 3 is 2.54 bits per heavy atom. The smallest absolute Gasteiger partial charge is 0.313 e. The SMILES string of the molecule is C=C(C=CC(O)CC(O)C(C(=O)O)c1ccc(F)cc1)c1nnn(C)n1. The van der Waals surface area contributed by atoms with E-state index in [0.717, 1.165) is 12.1 Å². The third kappa shape index (κ3) is 5.04. The number of halogens is 1. The van der Waals surface area contributed by atoms with Gasteiger partial charge in [0.15, 0.2) is 0 Å². The standard InChI is InChI=1S/C17H19FN4O4/c1-10(16-19-21-22(2)20-16)3-8-13(23)9-14(24)15(17(25)26)11-4-6-12(18)7-5-11/h3-8,13-15,23-24H,1,9H2,2H3,(H,25,26). The number of hydrogen-bond acceptors (Lipinski definition) is 6. The van der Waals surface area contributed by atoms with Gasteiger partial charge in [-0.2, -0.15) is 4.80 Å². The number of carboxylic acid groups (broad SMARTS) is 1. The summed E-state index contributed by atoms with van der Waals surface area (Å²) in [5.74, 6) is -2.78. The number of allylic oxidation sites excluding steroid dienone is 2. The second-order valence-electron chi connectivity index (χ2n) is 5.72. The molecule has 0 amide bonds. The number of tetrazole rings is 1. The highest BCUT2D eigenvalue weighted by Crippen LogP contribution is 2.24. The van der Waals surface area contributed by atoms with Crippen LogP contribution >= 0.6 is 0 Å². The van der Waals surface area contributed by atoms with Crippen molar-refractivity contribution in [2.45, 2.75) is 24.5 Å². The molecule has 9 heteroatoms. The lowest BCUT2D eigenvalue weighted by molar-refractivity contribution is -0.142. The van der Waals surface area contributed by atoms with Crippen molar-refractivity contribution in [1.82, 2.24) is 20.2 Å². The van der Waals surface area contributed by atoms with Crippen molar-refractivity contribution < 1.29 is 24.5 Å². The van der Waals surface area contributed by atoms with Crippen LogP contribution in [0.2, 0.25) is 0 Å². The lowest BCUT2D eigenvalue weighted by atomic mass is 9.90. The first-order valence-corrected chi connectivity index (χ1v) is 7.73. The highest BCUT2D eigenvalue weighted by Gasteiger charge is 2.29. The number of aromatic nitrogens is 4. The van der Waals surface area contributed by atoms with Crippen LogP contribution in [0.3, 0.4) is 0 Å². The van der Waals surface area contributed by atoms with Crippen LogP contribution in [0.15, 0.2) is 43.0 Å². The second-order valence-corrected chi connectivity index (χ2v) is 5.72. The zero-order valence-electron chi connectivity index (χ0n) is 14.0. The van der Waals surface area contributed by atoms with Gasteiger partial charge in [0.2, 0.25) is 5.82 Å². The molecule has 0 bridgehead atoms. The molecule has 1 heterocycles.